The minimum atomic E-state index is -0.164. The maximum absolute atomic E-state index is 11.3. The lowest BCUT2D eigenvalue weighted by Gasteiger charge is -2.56. The van der Waals surface area contributed by atoms with Crippen molar-refractivity contribution in [3.8, 4) is 0 Å². The van der Waals surface area contributed by atoms with Crippen LogP contribution in [0.3, 0.4) is 0 Å². The monoisotopic (exact) mass is 193 g/mol. The molecule has 5 aliphatic rings. The van der Waals surface area contributed by atoms with Gasteiger partial charge in [0.1, 0.15) is 5.60 Å². The maximum Gasteiger partial charge on any atom is 0.408 e. The van der Waals surface area contributed by atoms with E-state index < -0.39 is 0 Å². The Bertz CT molecular complexity index is 300. The van der Waals surface area contributed by atoms with Crippen LogP contribution in [0.1, 0.15) is 32.1 Å². The summed E-state index contributed by atoms with van der Waals surface area (Å²) >= 11 is 0. The number of amides is 1. The van der Waals surface area contributed by atoms with Gasteiger partial charge in [0, 0.05) is 0 Å². The van der Waals surface area contributed by atoms with Crippen LogP contribution in [0.4, 0.5) is 4.79 Å². The highest BCUT2D eigenvalue weighted by Crippen LogP contribution is 2.58. The summed E-state index contributed by atoms with van der Waals surface area (Å²) in [5.74, 6) is 2.40. The minimum absolute atomic E-state index is 0.0775. The molecule has 1 N–H and O–H groups in total. The second-order valence-electron chi connectivity index (χ2n) is 5.68. The summed E-state index contributed by atoms with van der Waals surface area (Å²) in [6.45, 7) is 0. The fourth-order valence-electron chi connectivity index (χ4n) is 4.70. The molecule has 0 unspecified atom stereocenters. The highest BCUT2D eigenvalue weighted by molar-refractivity contribution is 5.71. The molecule has 1 heterocycles. The third-order valence-electron chi connectivity index (χ3n) is 4.81. The van der Waals surface area contributed by atoms with E-state index in [1.807, 2.05) is 0 Å². The lowest BCUT2D eigenvalue weighted by Crippen LogP contribution is -2.61. The van der Waals surface area contributed by atoms with E-state index in [0.29, 0.717) is 12.0 Å². The zero-order chi connectivity index (χ0) is 9.34. The van der Waals surface area contributed by atoms with Gasteiger partial charge in [-0.15, -0.1) is 0 Å². The van der Waals surface area contributed by atoms with Crippen molar-refractivity contribution in [2.45, 2.75) is 43.7 Å². The van der Waals surface area contributed by atoms with Gasteiger partial charge in [-0.1, -0.05) is 0 Å². The van der Waals surface area contributed by atoms with Crippen molar-refractivity contribution in [2.24, 2.45) is 17.8 Å². The average Bonchev–Trinajstić information content (AvgIpc) is 2.40. The van der Waals surface area contributed by atoms with Crippen LogP contribution in [0.15, 0.2) is 0 Å². The fraction of sp³-hybridized carbons (Fsp3) is 0.909. The topological polar surface area (TPSA) is 38.3 Å². The molecule has 0 aromatic heterocycles. The van der Waals surface area contributed by atoms with Gasteiger partial charge in [0.2, 0.25) is 0 Å². The molecular weight excluding hydrogens is 178 g/mol. The molecule has 5 fully saturated rings. The molecule has 1 spiro atoms. The van der Waals surface area contributed by atoms with E-state index >= 15 is 0 Å². The van der Waals surface area contributed by atoms with Gasteiger partial charge in [0.15, 0.2) is 0 Å². The van der Waals surface area contributed by atoms with Crippen molar-refractivity contribution in [3.05, 3.63) is 0 Å². The van der Waals surface area contributed by atoms with Crippen LogP contribution in [-0.2, 0) is 4.74 Å². The zero-order valence-corrected chi connectivity index (χ0v) is 8.16. The standard InChI is InChI=1S/C11H15NO2/c13-10-12-9-8-2-6-1-7(3-8)5-11(9,4-6)14-10/h6-9H,1-5H2,(H,12,13)/t6-,7-,8?,9+,11?/m0/s1. The molecule has 4 aliphatic carbocycles. The Balaban J connectivity index is 1.80. The SMILES string of the molecule is O=C1N[C@@H]2C3C[C@@H]4C[C@@H](C3)CC2(C4)O1. The first-order chi connectivity index (χ1) is 6.75. The van der Waals surface area contributed by atoms with Crippen molar-refractivity contribution >= 4 is 6.09 Å². The van der Waals surface area contributed by atoms with Gasteiger partial charge in [0.05, 0.1) is 6.04 Å². The van der Waals surface area contributed by atoms with Gasteiger partial charge in [0.25, 0.3) is 0 Å². The predicted molar refractivity (Wildman–Crippen MR) is 49.7 cm³/mol. The summed E-state index contributed by atoms with van der Waals surface area (Å²) in [4.78, 5) is 11.3. The van der Waals surface area contributed by atoms with Crippen LogP contribution >= 0.6 is 0 Å². The minimum Gasteiger partial charge on any atom is -0.441 e. The van der Waals surface area contributed by atoms with Crippen LogP contribution in [0.25, 0.3) is 0 Å². The maximum atomic E-state index is 11.3. The van der Waals surface area contributed by atoms with Crippen LogP contribution in [0.2, 0.25) is 0 Å². The molecule has 4 bridgehead atoms. The summed E-state index contributed by atoms with van der Waals surface area (Å²) in [6, 6.07) is 0.350. The summed E-state index contributed by atoms with van der Waals surface area (Å²) in [5.41, 5.74) is -0.0775. The third-order valence-corrected chi connectivity index (χ3v) is 4.81. The van der Waals surface area contributed by atoms with E-state index in [1.54, 1.807) is 0 Å². The third kappa shape index (κ3) is 0.733. The van der Waals surface area contributed by atoms with Gasteiger partial charge in [-0.05, 0) is 49.9 Å². The zero-order valence-electron chi connectivity index (χ0n) is 8.16. The van der Waals surface area contributed by atoms with E-state index in [4.69, 9.17) is 4.74 Å². The van der Waals surface area contributed by atoms with Gasteiger partial charge in [-0.2, -0.15) is 0 Å². The molecule has 0 aromatic rings. The first-order valence-corrected chi connectivity index (χ1v) is 5.75. The Morgan fingerprint density at radius 1 is 1.21 bits per heavy atom. The van der Waals surface area contributed by atoms with Crippen LogP contribution in [-0.4, -0.2) is 17.7 Å². The number of ether oxygens (including phenoxy) is 1. The first kappa shape index (κ1) is 7.55. The molecule has 0 aromatic carbocycles. The lowest BCUT2D eigenvalue weighted by atomic mass is 9.52. The summed E-state index contributed by atoms with van der Waals surface area (Å²) < 4.78 is 5.57. The van der Waals surface area contributed by atoms with E-state index in [1.165, 1.54) is 19.3 Å². The molecule has 5 rings (SSSR count). The van der Waals surface area contributed by atoms with E-state index in [-0.39, 0.29) is 11.7 Å². The average molecular weight is 193 g/mol. The molecular formula is C11H15NO2. The Labute approximate surface area is 83.2 Å². The predicted octanol–water partition coefficient (Wildman–Crippen LogP) is 1.67. The van der Waals surface area contributed by atoms with Gasteiger partial charge in [-0.3, -0.25) is 0 Å². The van der Waals surface area contributed by atoms with Crippen LogP contribution in [0, 0.1) is 17.8 Å². The molecule has 76 valence electrons. The van der Waals surface area contributed by atoms with E-state index in [2.05, 4.69) is 5.32 Å². The van der Waals surface area contributed by atoms with Crippen LogP contribution < -0.4 is 5.32 Å². The molecule has 1 aliphatic heterocycles. The smallest absolute Gasteiger partial charge is 0.408 e. The Hall–Kier alpha value is -0.730. The number of alkyl carbamates (subject to hydrolysis) is 1. The van der Waals surface area contributed by atoms with Crippen molar-refractivity contribution in [3.63, 3.8) is 0 Å². The molecule has 1 saturated heterocycles. The van der Waals surface area contributed by atoms with E-state index in [9.17, 15) is 4.79 Å². The van der Waals surface area contributed by atoms with Gasteiger partial charge in [-0.25, -0.2) is 4.79 Å². The molecule has 3 heteroatoms. The second-order valence-corrected chi connectivity index (χ2v) is 5.68. The first-order valence-electron chi connectivity index (χ1n) is 5.75. The Kier molecular flexibility index (Phi) is 1.13. The highest BCUT2D eigenvalue weighted by atomic mass is 16.6. The number of carbonyl (C=O) groups excluding carboxylic acids is 1. The highest BCUT2D eigenvalue weighted by Gasteiger charge is 2.62. The quantitative estimate of drug-likeness (QED) is 0.635. The molecule has 0 radical (unpaired) electrons. The number of carbonyl (C=O) groups is 1. The molecule has 4 saturated carbocycles. The number of nitrogens with one attached hydrogen (secondary N) is 1. The molecule has 3 nitrogen and oxygen atoms in total. The normalized spacial score (nSPS) is 58.1. The summed E-state index contributed by atoms with van der Waals surface area (Å²) in [7, 11) is 0. The lowest BCUT2D eigenvalue weighted by molar-refractivity contribution is -0.115. The van der Waals surface area contributed by atoms with Crippen molar-refractivity contribution in [1.82, 2.24) is 5.32 Å². The Morgan fingerprint density at radius 2 is 1.93 bits per heavy atom. The number of rotatable bonds is 0. The Morgan fingerprint density at radius 3 is 2.64 bits per heavy atom. The fourth-order valence-corrected chi connectivity index (χ4v) is 4.70. The van der Waals surface area contributed by atoms with Gasteiger partial charge >= 0.3 is 6.09 Å². The van der Waals surface area contributed by atoms with Gasteiger partial charge < -0.3 is 10.1 Å². The number of hydrogen-bond acceptors (Lipinski definition) is 2. The molecule has 1 amide bonds. The molecule has 14 heavy (non-hydrogen) atoms. The van der Waals surface area contributed by atoms with Crippen molar-refractivity contribution < 1.29 is 9.53 Å². The number of hydrogen-bond donors (Lipinski definition) is 1. The van der Waals surface area contributed by atoms with Crippen LogP contribution in [0.5, 0.6) is 0 Å². The van der Waals surface area contributed by atoms with E-state index in [0.717, 1.165) is 24.7 Å². The van der Waals surface area contributed by atoms with Crippen molar-refractivity contribution in [1.29, 1.82) is 0 Å². The molecule has 3 atom stereocenters. The summed E-state index contributed by atoms with van der Waals surface area (Å²) in [5, 5.41) is 3.03. The summed E-state index contributed by atoms with van der Waals surface area (Å²) in [6.07, 6.45) is 6.14. The largest absolute Gasteiger partial charge is 0.441 e. The van der Waals surface area contributed by atoms with Crippen molar-refractivity contribution in [2.75, 3.05) is 0 Å². The second kappa shape index (κ2) is 2.10.